The zero-order valence-corrected chi connectivity index (χ0v) is 41.6. The third-order valence-electron chi connectivity index (χ3n) is 12.4. The number of anilines is 7. The average molecular weight is 955 g/mol. The van der Waals surface area contributed by atoms with Crippen molar-refractivity contribution in [3.8, 4) is 0 Å². The van der Waals surface area contributed by atoms with Gasteiger partial charge in [-0.2, -0.15) is 4.98 Å². The number of sulfone groups is 1. The Kier molecular flexibility index (Phi) is 17.4. The van der Waals surface area contributed by atoms with Crippen LogP contribution in [-0.2, 0) is 9.84 Å². The summed E-state index contributed by atoms with van der Waals surface area (Å²) in [4.78, 5) is 51.2. The van der Waals surface area contributed by atoms with Crippen LogP contribution >= 0.6 is 0 Å². The summed E-state index contributed by atoms with van der Waals surface area (Å²) < 4.78 is 23.4. The summed E-state index contributed by atoms with van der Waals surface area (Å²) in [6.07, 6.45) is 2.65. The average Bonchev–Trinajstić information content (AvgIpc) is 3.35. The highest BCUT2D eigenvalue weighted by Crippen LogP contribution is 2.25. The molecule has 7 N–H and O–H groups in total. The first-order valence-corrected chi connectivity index (χ1v) is 25.0. The molecule has 0 radical (unpaired) electrons. The smallest absolute Gasteiger partial charge is 0.249 e. The van der Waals surface area contributed by atoms with E-state index in [2.05, 4.69) is 96.8 Å². The van der Waals surface area contributed by atoms with Gasteiger partial charge in [0.15, 0.2) is 11.6 Å². The Labute approximate surface area is 406 Å². The Hall–Kier alpha value is -6.95. The first-order valence-electron chi connectivity index (χ1n) is 23.3. The van der Waals surface area contributed by atoms with E-state index < -0.39 is 9.84 Å². The van der Waals surface area contributed by atoms with Crippen LogP contribution in [0.15, 0.2) is 115 Å². The number of benzene rings is 4. The zero-order valence-electron chi connectivity index (χ0n) is 40.8. The number of hydrogen-bond acceptors (Lipinski definition) is 16. The van der Waals surface area contributed by atoms with Gasteiger partial charge in [-0.05, 0) is 101 Å². The molecule has 16 nitrogen and oxygen atoms in total. The number of nitrogens with two attached hydrogens (primary N) is 3. The lowest BCUT2D eigenvalue weighted by molar-refractivity contribution is 0.103. The largest absolute Gasteiger partial charge is 0.399 e. The molecule has 2 aliphatic rings. The molecule has 4 heterocycles. The highest BCUT2D eigenvalue weighted by Gasteiger charge is 2.23. The van der Waals surface area contributed by atoms with Gasteiger partial charge in [-0.1, -0.05) is 55.5 Å². The molecular weight excluding hydrogens is 889 g/mol. The second-order valence-corrected chi connectivity index (χ2v) is 19.8. The van der Waals surface area contributed by atoms with E-state index in [1.807, 2.05) is 55.5 Å². The minimum atomic E-state index is -3.55. The summed E-state index contributed by atoms with van der Waals surface area (Å²) in [6, 6.07) is 32.1. The Morgan fingerprint density at radius 3 is 1.41 bits per heavy atom. The standard InChI is InChI=1S/C25H30N6O.C14H15N3O3S.C13H21N3/c1-17(2)30-12-14-31(15-13-30)20-10-8-19(9-11-20)28-25-27-16-22(24(26)29-25)23(32)21-7-5-4-6-18(21)3;1-3-21(19,20)14-16-8-11(13(15)17-14)12(18)10-7-5-4-6-9(10)2;1-11(2)15-7-9-16(10-8-15)13-5-3-12(14)4-6-13/h4-11,16-17H,12-15H2,1-3H3,(H3,26,27,28,29);4-8H,3H2,1-2H3,(H2,15,16,17);3-6,11H,7-10,14H2,1-2H3. The lowest BCUT2D eigenvalue weighted by Gasteiger charge is -2.38. The lowest BCUT2D eigenvalue weighted by Crippen LogP contribution is -2.48. The topological polar surface area (TPSA) is 223 Å². The van der Waals surface area contributed by atoms with E-state index in [1.165, 1.54) is 30.7 Å². The van der Waals surface area contributed by atoms with Crippen LogP contribution in [0.4, 0.5) is 40.3 Å². The molecule has 2 aliphatic heterocycles. The summed E-state index contributed by atoms with van der Waals surface area (Å²) in [6.45, 7) is 23.0. The monoisotopic (exact) mass is 955 g/mol. The summed E-state index contributed by atoms with van der Waals surface area (Å²) in [7, 11) is -3.55. The molecule has 0 atom stereocenters. The molecule has 69 heavy (non-hydrogen) atoms. The highest BCUT2D eigenvalue weighted by molar-refractivity contribution is 7.91. The maximum absolute atomic E-state index is 12.8. The number of nitrogens with zero attached hydrogens (tertiary/aromatic N) is 8. The van der Waals surface area contributed by atoms with Crippen LogP contribution in [0.25, 0.3) is 0 Å². The molecule has 0 unspecified atom stereocenters. The van der Waals surface area contributed by atoms with Crippen LogP contribution in [0.1, 0.15) is 77.6 Å². The van der Waals surface area contributed by atoms with Crippen molar-refractivity contribution in [2.75, 3.05) is 90.4 Å². The number of nitrogens with one attached hydrogen (secondary N) is 1. The number of piperazine rings is 2. The second kappa shape index (κ2) is 23.4. The van der Waals surface area contributed by atoms with E-state index in [4.69, 9.17) is 17.2 Å². The van der Waals surface area contributed by atoms with Crippen LogP contribution in [0.2, 0.25) is 0 Å². The predicted molar refractivity (Wildman–Crippen MR) is 278 cm³/mol. The van der Waals surface area contributed by atoms with Crippen molar-refractivity contribution in [2.24, 2.45) is 0 Å². The van der Waals surface area contributed by atoms with E-state index >= 15 is 0 Å². The van der Waals surface area contributed by atoms with Crippen LogP contribution in [0.5, 0.6) is 0 Å². The summed E-state index contributed by atoms with van der Waals surface area (Å²) >= 11 is 0. The van der Waals surface area contributed by atoms with Gasteiger partial charge in [-0.25, -0.2) is 23.4 Å². The van der Waals surface area contributed by atoms with Crippen molar-refractivity contribution in [2.45, 2.75) is 65.7 Å². The number of carbonyl (C=O) groups is 2. The maximum Gasteiger partial charge on any atom is 0.249 e. The summed E-state index contributed by atoms with van der Waals surface area (Å²) in [5.74, 6) is -0.236. The van der Waals surface area contributed by atoms with E-state index in [0.717, 1.165) is 74.9 Å². The van der Waals surface area contributed by atoms with Gasteiger partial charge in [0.25, 0.3) is 0 Å². The van der Waals surface area contributed by atoms with Crippen LogP contribution < -0.4 is 32.3 Å². The second-order valence-electron chi connectivity index (χ2n) is 17.6. The fourth-order valence-electron chi connectivity index (χ4n) is 7.97. The van der Waals surface area contributed by atoms with E-state index in [-0.39, 0.29) is 39.7 Å². The molecule has 2 aromatic heterocycles. The van der Waals surface area contributed by atoms with Crippen molar-refractivity contribution >= 4 is 61.7 Å². The van der Waals surface area contributed by atoms with E-state index in [9.17, 15) is 18.0 Å². The van der Waals surface area contributed by atoms with Gasteiger partial charge in [0.05, 0.1) is 16.9 Å². The van der Waals surface area contributed by atoms with Crippen molar-refractivity contribution < 1.29 is 18.0 Å². The van der Waals surface area contributed by atoms with Crippen LogP contribution in [0.3, 0.4) is 0 Å². The number of hydrogen-bond donors (Lipinski definition) is 4. The highest BCUT2D eigenvalue weighted by atomic mass is 32.2. The van der Waals surface area contributed by atoms with Gasteiger partial charge in [0.2, 0.25) is 20.9 Å². The molecule has 4 aromatic carbocycles. The van der Waals surface area contributed by atoms with Gasteiger partial charge in [-0.15, -0.1) is 0 Å². The Bertz CT molecular complexity index is 2790. The van der Waals surface area contributed by atoms with Crippen LogP contribution in [0, 0.1) is 13.8 Å². The molecule has 8 rings (SSSR count). The quantitative estimate of drug-likeness (QED) is 0.0547. The molecule has 0 amide bonds. The molecule has 364 valence electrons. The summed E-state index contributed by atoms with van der Waals surface area (Å²) in [5.41, 5.74) is 24.9. The van der Waals surface area contributed by atoms with Gasteiger partial charge >= 0.3 is 0 Å². The minimum absolute atomic E-state index is 0.0966. The third-order valence-corrected chi connectivity index (χ3v) is 13.9. The van der Waals surface area contributed by atoms with Gasteiger partial charge in [0, 0.05) is 111 Å². The number of ketones is 2. The van der Waals surface area contributed by atoms with Crippen molar-refractivity contribution in [1.82, 2.24) is 29.7 Å². The zero-order chi connectivity index (χ0) is 49.8. The number of carbonyl (C=O) groups excluding carboxylic acids is 2. The fraction of sp³-hybridized carbons (Fsp3) is 0.346. The molecule has 2 saturated heterocycles. The van der Waals surface area contributed by atoms with Crippen molar-refractivity contribution in [3.63, 3.8) is 0 Å². The molecule has 0 bridgehead atoms. The van der Waals surface area contributed by atoms with Gasteiger partial charge < -0.3 is 32.3 Å². The first-order chi connectivity index (χ1) is 32.9. The van der Waals surface area contributed by atoms with E-state index in [0.29, 0.717) is 34.7 Å². The SMILES string of the molecule is CC(C)N1CCN(c2ccc(N)cc2)CC1.CCS(=O)(=O)c1ncc(C(=O)c2ccccc2C)c(N)n1.Cc1ccccc1C(=O)c1cnc(Nc2ccc(N3CCN(C(C)C)CC3)cc2)nc1N. The van der Waals surface area contributed by atoms with Crippen molar-refractivity contribution in [1.29, 1.82) is 0 Å². The Morgan fingerprint density at radius 2 is 1.00 bits per heavy atom. The van der Waals surface area contributed by atoms with Crippen molar-refractivity contribution in [3.05, 3.63) is 143 Å². The number of rotatable bonds is 12. The molecule has 2 fully saturated rings. The molecule has 6 aromatic rings. The Morgan fingerprint density at radius 1 is 0.580 bits per heavy atom. The first kappa shape index (κ1) is 51.4. The molecule has 0 aliphatic carbocycles. The van der Waals surface area contributed by atoms with Crippen LogP contribution in [-0.4, -0.2) is 120 Å². The predicted octanol–water partition coefficient (Wildman–Crippen LogP) is 7.06. The lowest BCUT2D eigenvalue weighted by atomic mass is 10.0. The number of nitrogen functional groups attached to an aromatic ring is 3. The normalized spacial score (nSPS) is 14.4. The molecule has 17 heteroatoms. The third kappa shape index (κ3) is 13.4. The molecular formula is C52H66N12O4S. The number of aryl methyl sites for hydroxylation is 2. The van der Waals surface area contributed by atoms with E-state index in [1.54, 1.807) is 31.2 Å². The molecule has 0 spiro atoms. The molecule has 0 saturated carbocycles. The maximum atomic E-state index is 12.8. The van der Waals surface area contributed by atoms with Gasteiger partial charge in [-0.3, -0.25) is 19.4 Å². The minimum Gasteiger partial charge on any atom is -0.399 e. The summed E-state index contributed by atoms with van der Waals surface area (Å²) in [5, 5.41) is 2.82. The van der Waals surface area contributed by atoms with Gasteiger partial charge in [0.1, 0.15) is 11.6 Å². The number of aromatic nitrogens is 4. The Balaban J connectivity index is 0.000000182. The fourth-order valence-corrected chi connectivity index (χ4v) is 8.68.